The Labute approximate surface area is 166 Å². The Hall–Kier alpha value is -0.613. The van der Waals surface area contributed by atoms with Gasteiger partial charge >= 0.3 is 0 Å². The molecule has 1 fully saturated rings. The van der Waals surface area contributed by atoms with Gasteiger partial charge in [0.15, 0.2) is 8.32 Å². The van der Waals surface area contributed by atoms with E-state index in [0.29, 0.717) is 6.04 Å². The summed E-state index contributed by atoms with van der Waals surface area (Å²) in [5.41, 5.74) is 0.996. The molecule has 2 nitrogen and oxygen atoms in total. The van der Waals surface area contributed by atoms with Crippen molar-refractivity contribution in [1.29, 1.82) is 0 Å². The summed E-state index contributed by atoms with van der Waals surface area (Å²) in [7, 11) is -1.84. The van der Waals surface area contributed by atoms with Crippen LogP contribution < -0.4 is 5.32 Å². The van der Waals surface area contributed by atoms with E-state index >= 15 is 0 Å². The molecule has 0 amide bonds. The predicted octanol–water partition coefficient (Wildman–Crippen LogP) is 6.66. The van der Waals surface area contributed by atoms with Crippen LogP contribution in [0, 0.1) is 0 Å². The molecule has 1 aromatic carbocycles. The van der Waals surface area contributed by atoms with E-state index in [-0.39, 0.29) is 16.2 Å². The third-order valence-electron chi connectivity index (χ3n) is 6.36. The lowest BCUT2D eigenvalue weighted by Gasteiger charge is -2.46. The highest BCUT2D eigenvalue weighted by Gasteiger charge is 2.49. The van der Waals surface area contributed by atoms with Crippen molar-refractivity contribution in [3.05, 3.63) is 47.5 Å². The molecule has 0 aliphatic carbocycles. The molecule has 1 saturated heterocycles. The maximum Gasteiger partial charge on any atom is 0.192 e. The Kier molecular flexibility index (Phi) is 6.19. The summed E-state index contributed by atoms with van der Waals surface area (Å²) in [5, 5.41) is 4.92. The highest BCUT2D eigenvalue weighted by atomic mass is 35.5. The van der Waals surface area contributed by atoms with Crippen molar-refractivity contribution < 1.29 is 4.43 Å². The zero-order valence-electron chi connectivity index (χ0n) is 17.6. The van der Waals surface area contributed by atoms with Gasteiger partial charge in [-0.3, -0.25) is 0 Å². The van der Waals surface area contributed by atoms with E-state index in [1.807, 2.05) is 18.2 Å². The predicted molar refractivity (Wildman–Crippen MR) is 116 cm³/mol. The molecule has 4 heteroatoms. The third kappa shape index (κ3) is 4.44. The summed E-state index contributed by atoms with van der Waals surface area (Å²) in [6.45, 7) is 20.1. The second kappa shape index (κ2) is 7.42. The molecule has 2 rings (SSSR count). The Bertz CT molecular complexity index is 633. The normalized spacial score (nSPS) is 24.7. The van der Waals surface area contributed by atoms with Crippen LogP contribution in [0.2, 0.25) is 23.2 Å². The van der Waals surface area contributed by atoms with Crippen LogP contribution in [0.5, 0.6) is 0 Å². The second-order valence-corrected chi connectivity index (χ2v) is 14.9. The van der Waals surface area contributed by atoms with Gasteiger partial charge in [0.25, 0.3) is 0 Å². The minimum absolute atomic E-state index is 0.0783. The number of halogens is 1. The SMILES string of the molecule is C=CC[C@@]1(c2ccc(Cl)cc2)CC[C@H](C(C)(C)O[Si](C)(C)C(C)(C)C)N1. The average molecular weight is 394 g/mol. The smallest absolute Gasteiger partial charge is 0.192 e. The number of benzene rings is 1. The molecule has 0 aromatic heterocycles. The van der Waals surface area contributed by atoms with Gasteiger partial charge in [-0.15, -0.1) is 6.58 Å². The van der Waals surface area contributed by atoms with Crippen molar-refractivity contribution in [2.24, 2.45) is 0 Å². The van der Waals surface area contributed by atoms with Crippen molar-refractivity contribution in [3.63, 3.8) is 0 Å². The van der Waals surface area contributed by atoms with Crippen LogP contribution in [0.15, 0.2) is 36.9 Å². The lowest BCUT2D eigenvalue weighted by molar-refractivity contribution is 0.0511. The maximum atomic E-state index is 6.83. The molecule has 1 aromatic rings. The zero-order valence-corrected chi connectivity index (χ0v) is 19.3. The molecule has 1 N–H and O–H groups in total. The first-order chi connectivity index (χ1) is 11.8. The molecule has 1 heterocycles. The Morgan fingerprint density at radius 1 is 1.23 bits per heavy atom. The molecule has 2 atom stereocenters. The van der Waals surface area contributed by atoms with E-state index in [4.69, 9.17) is 16.0 Å². The Morgan fingerprint density at radius 3 is 2.31 bits per heavy atom. The first-order valence-corrected chi connectivity index (χ1v) is 13.0. The number of rotatable bonds is 6. The van der Waals surface area contributed by atoms with Crippen molar-refractivity contribution >= 4 is 19.9 Å². The lowest BCUT2D eigenvalue weighted by Crippen LogP contribution is -2.56. The minimum atomic E-state index is -1.84. The van der Waals surface area contributed by atoms with Gasteiger partial charge in [0, 0.05) is 16.6 Å². The van der Waals surface area contributed by atoms with Crippen molar-refractivity contribution in [2.45, 2.75) is 89.2 Å². The zero-order chi connectivity index (χ0) is 19.8. The molecule has 0 saturated carbocycles. The van der Waals surface area contributed by atoms with Gasteiger partial charge in [-0.05, 0) is 68.9 Å². The quantitative estimate of drug-likeness (QED) is 0.430. The first-order valence-electron chi connectivity index (χ1n) is 9.68. The summed E-state index contributed by atoms with van der Waals surface area (Å²) >= 11 is 6.10. The van der Waals surface area contributed by atoms with E-state index in [1.54, 1.807) is 0 Å². The van der Waals surface area contributed by atoms with Gasteiger partial charge < -0.3 is 9.74 Å². The van der Waals surface area contributed by atoms with Crippen molar-refractivity contribution in [1.82, 2.24) is 5.32 Å². The number of hydrogen-bond donors (Lipinski definition) is 1. The molecule has 0 unspecified atom stereocenters. The summed E-state index contributed by atoms with van der Waals surface area (Å²) in [6.07, 6.45) is 5.10. The van der Waals surface area contributed by atoms with Gasteiger partial charge in [-0.2, -0.15) is 0 Å². The fraction of sp³-hybridized carbons (Fsp3) is 0.636. The highest BCUT2D eigenvalue weighted by molar-refractivity contribution is 6.74. The van der Waals surface area contributed by atoms with Gasteiger partial charge in [-0.1, -0.05) is 50.6 Å². The van der Waals surface area contributed by atoms with Crippen LogP contribution >= 0.6 is 11.6 Å². The third-order valence-corrected chi connectivity index (χ3v) is 11.3. The molecule has 0 bridgehead atoms. The molecule has 146 valence electrons. The summed E-state index contributed by atoms with van der Waals surface area (Å²) < 4.78 is 6.83. The fourth-order valence-corrected chi connectivity index (χ4v) is 5.68. The average Bonchev–Trinajstić information content (AvgIpc) is 2.92. The van der Waals surface area contributed by atoms with E-state index in [0.717, 1.165) is 24.3 Å². The van der Waals surface area contributed by atoms with Gasteiger partial charge in [-0.25, -0.2) is 0 Å². The Balaban J connectivity index is 2.25. The maximum absolute atomic E-state index is 6.83. The molecular weight excluding hydrogens is 358 g/mol. The Morgan fingerprint density at radius 2 is 1.81 bits per heavy atom. The molecule has 26 heavy (non-hydrogen) atoms. The van der Waals surface area contributed by atoms with Gasteiger partial charge in [0.2, 0.25) is 0 Å². The molecular formula is C22H36ClNOSi. The van der Waals surface area contributed by atoms with Crippen LogP contribution in [-0.4, -0.2) is 20.0 Å². The van der Waals surface area contributed by atoms with Crippen LogP contribution in [0.4, 0.5) is 0 Å². The number of hydrogen-bond acceptors (Lipinski definition) is 2. The van der Waals surface area contributed by atoms with E-state index < -0.39 is 8.32 Å². The van der Waals surface area contributed by atoms with Gasteiger partial charge in [0.05, 0.1) is 5.60 Å². The largest absolute Gasteiger partial charge is 0.410 e. The molecule has 0 radical (unpaired) electrons. The highest BCUT2D eigenvalue weighted by Crippen LogP contribution is 2.44. The first kappa shape index (κ1) is 21.7. The van der Waals surface area contributed by atoms with E-state index in [1.165, 1.54) is 5.56 Å². The van der Waals surface area contributed by atoms with Crippen molar-refractivity contribution in [3.8, 4) is 0 Å². The fourth-order valence-electron chi connectivity index (χ4n) is 3.79. The van der Waals surface area contributed by atoms with Crippen molar-refractivity contribution in [2.75, 3.05) is 0 Å². The minimum Gasteiger partial charge on any atom is -0.410 e. The standard InChI is InChI=1S/C22H36ClNOSi/c1-9-15-22(17-10-12-18(23)13-11-17)16-14-19(24-22)21(5,6)25-26(7,8)20(2,3)4/h9-13,19,24H,1,14-16H2,2-8H3/t19-,22+/m1/s1. The number of nitrogens with one attached hydrogen (secondary N) is 1. The van der Waals surface area contributed by atoms with Gasteiger partial charge in [0.1, 0.15) is 0 Å². The monoisotopic (exact) mass is 393 g/mol. The van der Waals surface area contributed by atoms with Crippen LogP contribution in [0.1, 0.15) is 59.4 Å². The van der Waals surface area contributed by atoms with Crippen LogP contribution in [0.25, 0.3) is 0 Å². The molecule has 0 spiro atoms. The summed E-state index contributed by atoms with van der Waals surface area (Å²) in [4.78, 5) is 0. The lowest BCUT2D eigenvalue weighted by atomic mass is 9.85. The van der Waals surface area contributed by atoms with E-state index in [9.17, 15) is 0 Å². The molecule has 1 aliphatic heterocycles. The van der Waals surface area contributed by atoms with Crippen LogP contribution in [0.3, 0.4) is 0 Å². The summed E-state index contributed by atoms with van der Waals surface area (Å²) in [6, 6.07) is 8.56. The second-order valence-electron chi connectivity index (χ2n) is 9.78. The topological polar surface area (TPSA) is 21.3 Å². The molecule has 1 aliphatic rings. The van der Waals surface area contributed by atoms with E-state index in [2.05, 4.69) is 71.7 Å². The van der Waals surface area contributed by atoms with Crippen LogP contribution in [-0.2, 0) is 9.96 Å². The summed E-state index contributed by atoms with van der Waals surface area (Å²) in [5.74, 6) is 0.